The predicted molar refractivity (Wildman–Crippen MR) is 58.2 cm³/mol. The zero-order chi connectivity index (χ0) is 10.7. The van der Waals surface area contributed by atoms with Gasteiger partial charge in [-0.1, -0.05) is 11.6 Å². The average molecular weight is 285 g/mol. The van der Waals surface area contributed by atoms with Crippen molar-refractivity contribution in [1.82, 2.24) is 0 Å². The van der Waals surface area contributed by atoms with Crippen molar-refractivity contribution in [1.29, 1.82) is 0 Å². The van der Waals surface area contributed by atoms with Crippen molar-refractivity contribution in [2.24, 2.45) is 0 Å². The monoisotopic (exact) mass is 283 g/mol. The summed E-state index contributed by atoms with van der Waals surface area (Å²) in [5.41, 5.74) is 0.613. The van der Waals surface area contributed by atoms with E-state index in [-0.39, 0.29) is 0 Å². The van der Waals surface area contributed by atoms with Crippen LogP contribution in [0, 0.1) is 0 Å². The summed E-state index contributed by atoms with van der Waals surface area (Å²) >= 11 is 8.94. The van der Waals surface area contributed by atoms with Crippen LogP contribution in [0.3, 0.4) is 0 Å². The third-order valence-corrected chi connectivity index (χ3v) is 2.58. The van der Waals surface area contributed by atoms with Gasteiger partial charge in [-0.2, -0.15) is 0 Å². The molecule has 1 unspecified atom stereocenters. The maximum absolute atomic E-state index is 12.2. The van der Waals surface area contributed by atoms with Crippen molar-refractivity contribution in [3.8, 4) is 0 Å². The quantitative estimate of drug-likeness (QED) is 0.878. The van der Waals surface area contributed by atoms with Gasteiger partial charge in [-0.05, 0) is 41.1 Å². The van der Waals surface area contributed by atoms with Gasteiger partial charge in [0, 0.05) is 15.2 Å². The summed E-state index contributed by atoms with van der Waals surface area (Å²) in [5, 5.41) is 3.24. The fourth-order valence-corrected chi connectivity index (χ4v) is 1.71. The van der Waals surface area contributed by atoms with Crippen LogP contribution in [0.4, 0.5) is 14.5 Å². The van der Waals surface area contributed by atoms with Crippen molar-refractivity contribution in [2.75, 3.05) is 5.32 Å². The molecule has 1 rings (SSSR count). The molecule has 14 heavy (non-hydrogen) atoms. The van der Waals surface area contributed by atoms with Crippen LogP contribution < -0.4 is 5.32 Å². The first-order chi connectivity index (χ1) is 6.50. The van der Waals surface area contributed by atoms with Gasteiger partial charge < -0.3 is 5.32 Å². The Bertz CT molecular complexity index is 320. The Hall–Kier alpha value is -0.350. The molecule has 0 heterocycles. The van der Waals surface area contributed by atoms with Crippen molar-refractivity contribution in [3.63, 3.8) is 0 Å². The second kappa shape index (κ2) is 4.94. The van der Waals surface area contributed by atoms with E-state index in [4.69, 9.17) is 11.6 Å². The third kappa shape index (κ3) is 3.10. The minimum absolute atomic E-state index is 0.562. The number of halogens is 4. The molecule has 0 spiro atoms. The molecule has 78 valence electrons. The molecule has 0 radical (unpaired) electrons. The topological polar surface area (TPSA) is 12.0 Å². The molecule has 1 nitrogen and oxygen atoms in total. The number of anilines is 1. The Morgan fingerprint density at radius 2 is 2.07 bits per heavy atom. The lowest BCUT2D eigenvalue weighted by Crippen LogP contribution is -2.23. The molecule has 0 aliphatic carbocycles. The molecule has 1 aromatic rings. The van der Waals surface area contributed by atoms with Gasteiger partial charge in [0.25, 0.3) is 6.43 Å². The van der Waals surface area contributed by atoms with Gasteiger partial charge in [-0.3, -0.25) is 0 Å². The second-order valence-electron chi connectivity index (χ2n) is 2.89. The van der Waals surface area contributed by atoms with Crippen molar-refractivity contribution < 1.29 is 8.78 Å². The molecular formula is C9H9BrClF2N. The predicted octanol–water partition coefficient (Wildman–Crippen LogP) is 4.17. The van der Waals surface area contributed by atoms with Crippen LogP contribution in [-0.4, -0.2) is 12.5 Å². The summed E-state index contributed by atoms with van der Waals surface area (Å²) in [7, 11) is 0. The van der Waals surface area contributed by atoms with Crippen molar-refractivity contribution >= 4 is 33.2 Å². The molecule has 0 aromatic heterocycles. The van der Waals surface area contributed by atoms with Gasteiger partial charge >= 0.3 is 0 Å². The van der Waals surface area contributed by atoms with E-state index >= 15 is 0 Å². The number of hydrogen-bond donors (Lipinski definition) is 1. The molecule has 0 saturated carbocycles. The molecule has 0 aliphatic heterocycles. The van der Waals surface area contributed by atoms with Gasteiger partial charge in [0.1, 0.15) is 0 Å². The van der Waals surface area contributed by atoms with E-state index in [1.807, 2.05) is 0 Å². The number of nitrogens with one attached hydrogen (secondary N) is 1. The Balaban J connectivity index is 2.77. The van der Waals surface area contributed by atoms with Crippen LogP contribution >= 0.6 is 27.5 Å². The summed E-state index contributed by atoms with van der Waals surface area (Å²) in [6.07, 6.45) is -2.39. The van der Waals surface area contributed by atoms with Gasteiger partial charge in [-0.15, -0.1) is 0 Å². The molecule has 1 aromatic carbocycles. The maximum Gasteiger partial charge on any atom is 0.258 e. The highest BCUT2D eigenvalue weighted by molar-refractivity contribution is 9.10. The summed E-state index contributed by atoms with van der Waals surface area (Å²) in [6, 6.07) is 4.08. The zero-order valence-electron chi connectivity index (χ0n) is 7.40. The lowest BCUT2D eigenvalue weighted by molar-refractivity contribution is 0.130. The maximum atomic E-state index is 12.2. The summed E-state index contributed by atoms with van der Waals surface area (Å²) in [6.45, 7) is 1.42. The average Bonchev–Trinajstić information content (AvgIpc) is 2.09. The summed E-state index contributed by atoms with van der Waals surface area (Å²) in [4.78, 5) is 0. The Labute approximate surface area is 94.6 Å². The smallest absolute Gasteiger partial charge is 0.258 e. The normalized spacial score (nSPS) is 13.0. The fourth-order valence-electron chi connectivity index (χ4n) is 0.915. The van der Waals surface area contributed by atoms with Crippen LogP contribution in [0.25, 0.3) is 0 Å². The van der Waals surface area contributed by atoms with Gasteiger partial charge in [-0.25, -0.2) is 8.78 Å². The van der Waals surface area contributed by atoms with Gasteiger partial charge in [0.05, 0.1) is 6.04 Å². The van der Waals surface area contributed by atoms with E-state index in [1.54, 1.807) is 18.2 Å². The lowest BCUT2D eigenvalue weighted by atomic mass is 10.3. The third-order valence-electron chi connectivity index (χ3n) is 1.69. The Kier molecular flexibility index (Phi) is 4.13. The van der Waals surface area contributed by atoms with E-state index in [2.05, 4.69) is 21.2 Å². The van der Waals surface area contributed by atoms with E-state index in [0.29, 0.717) is 15.2 Å². The number of hydrogen-bond acceptors (Lipinski definition) is 1. The van der Waals surface area contributed by atoms with Crippen LogP contribution in [-0.2, 0) is 0 Å². The lowest BCUT2D eigenvalue weighted by Gasteiger charge is -2.15. The largest absolute Gasteiger partial charge is 0.376 e. The number of alkyl halides is 2. The van der Waals surface area contributed by atoms with E-state index in [9.17, 15) is 8.78 Å². The van der Waals surface area contributed by atoms with Gasteiger partial charge in [0.2, 0.25) is 0 Å². The first kappa shape index (κ1) is 11.7. The molecule has 5 heteroatoms. The van der Waals surface area contributed by atoms with Gasteiger partial charge in [0.15, 0.2) is 0 Å². The standard InChI is InChI=1S/C9H9BrClF2N/c1-5(9(12)13)14-8-3-2-6(11)4-7(8)10/h2-5,9,14H,1H3. The highest BCUT2D eigenvalue weighted by Gasteiger charge is 2.14. The fraction of sp³-hybridized carbons (Fsp3) is 0.333. The molecule has 1 N–H and O–H groups in total. The molecular weight excluding hydrogens is 275 g/mol. The van der Waals surface area contributed by atoms with E-state index in [0.717, 1.165) is 0 Å². The van der Waals surface area contributed by atoms with Crippen LogP contribution in [0.2, 0.25) is 5.02 Å². The highest BCUT2D eigenvalue weighted by atomic mass is 79.9. The molecule has 1 atom stereocenters. The summed E-state index contributed by atoms with van der Waals surface area (Å²) < 4.78 is 25.1. The molecule has 0 saturated heterocycles. The molecule has 0 fully saturated rings. The highest BCUT2D eigenvalue weighted by Crippen LogP contribution is 2.26. The molecule has 0 amide bonds. The van der Waals surface area contributed by atoms with Crippen LogP contribution in [0.5, 0.6) is 0 Å². The first-order valence-corrected chi connectivity index (χ1v) is 5.17. The Morgan fingerprint density at radius 3 is 2.57 bits per heavy atom. The van der Waals surface area contributed by atoms with E-state index < -0.39 is 12.5 Å². The SMILES string of the molecule is CC(Nc1ccc(Cl)cc1Br)C(F)F. The van der Waals surface area contributed by atoms with Crippen LogP contribution in [0.15, 0.2) is 22.7 Å². The first-order valence-electron chi connectivity index (χ1n) is 4.00. The number of rotatable bonds is 3. The van der Waals surface area contributed by atoms with E-state index in [1.165, 1.54) is 6.92 Å². The zero-order valence-corrected chi connectivity index (χ0v) is 9.74. The Morgan fingerprint density at radius 1 is 1.43 bits per heavy atom. The van der Waals surface area contributed by atoms with Crippen molar-refractivity contribution in [3.05, 3.63) is 27.7 Å². The van der Waals surface area contributed by atoms with Crippen LogP contribution in [0.1, 0.15) is 6.92 Å². The second-order valence-corrected chi connectivity index (χ2v) is 4.18. The minimum Gasteiger partial charge on any atom is -0.376 e. The molecule has 0 bridgehead atoms. The number of benzene rings is 1. The minimum atomic E-state index is -2.39. The molecule has 0 aliphatic rings. The van der Waals surface area contributed by atoms with Crippen molar-refractivity contribution in [2.45, 2.75) is 19.4 Å². The summed E-state index contributed by atoms with van der Waals surface area (Å²) in [5.74, 6) is 0.